The lowest BCUT2D eigenvalue weighted by Crippen LogP contribution is -2.10. The van der Waals surface area contributed by atoms with E-state index in [-0.39, 0.29) is 0 Å². The zero-order valence-electron chi connectivity index (χ0n) is 7.52. The minimum absolute atomic E-state index is 0.826. The van der Waals surface area contributed by atoms with Gasteiger partial charge in [0.25, 0.3) is 0 Å². The third kappa shape index (κ3) is 1.42. The maximum atomic E-state index is 2.45. The molecule has 0 amide bonds. The predicted molar refractivity (Wildman–Crippen MR) is 45.9 cm³/mol. The number of hydrogen-bond donors (Lipinski definition) is 0. The average molecular weight is 138 g/mol. The molecule has 0 fully saturated rings. The van der Waals surface area contributed by atoms with Crippen LogP contribution in [0.3, 0.4) is 0 Å². The number of hydrogen-bond acceptors (Lipinski definition) is 0. The highest BCUT2D eigenvalue weighted by atomic mass is 14.3. The first-order valence-corrected chi connectivity index (χ1v) is 4.28. The van der Waals surface area contributed by atoms with E-state index in [0.29, 0.717) is 0 Å². The Balaban J connectivity index is 2.60. The molecule has 0 radical (unpaired) electrons. The van der Waals surface area contributed by atoms with E-state index in [1.54, 1.807) is 5.57 Å². The summed E-state index contributed by atoms with van der Waals surface area (Å²) in [4.78, 5) is 0. The first-order valence-electron chi connectivity index (χ1n) is 4.28. The third-order valence-corrected chi connectivity index (χ3v) is 2.55. The van der Waals surface area contributed by atoms with Crippen molar-refractivity contribution in [3.63, 3.8) is 0 Å². The van der Waals surface area contributed by atoms with Crippen LogP contribution in [0.2, 0.25) is 0 Å². The first kappa shape index (κ1) is 7.84. The van der Waals surface area contributed by atoms with Crippen molar-refractivity contribution < 1.29 is 0 Å². The molecule has 0 aliphatic heterocycles. The summed E-state index contributed by atoms with van der Waals surface area (Å²) in [6.07, 6.45) is 3.78. The van der Waals surface area contributed by atoms with Crippen molar-refractivity contribution in [2.45, 2.75) is 34.1 Å². The van der Waals surface area contributed by atoms with Gasteiger partial charge in [0.1, 0.15) is 0 Å². The Bertz CT molecular complexity index is 142. The van der Waals surface area contributed by atoms with E-state index in [9.17, 15) is 0 Å². The quantitative estimate of drug-likeness (QED) is 0.488. The van der Waals surface area contributed by atoms with Gasteiger partial charge in [-0.05, 0) is 31.1 Å². The smallest absolute Gasteiger partial charge is 0.0179 e. The highest BCUT2D eigenvalue weighted by Gasteiger charge is 2.23. The molecule has 2 atom stereocenters. The van der Waals surface area contributed by atoms with Crippen LogP contribution < -0.4 is 0 Å². The van der Waals surface area contributed by atoms with Crippen molar-refractivity contribution in [1.29, 1.82) is 0 Å². The molecule has 0 heterocycles. The molecule has 0 heteroatoms. The molecule has 0 saturated carbocycles. The second kappa shape index (κ2) is 2.77. The van der Waals surface area contributed by atoms with Gasteiger partial charge >= 0.3 is 0 Å². The van der Waals surface area contributed by atoms with Crippen molar-refractivity contribution in [3.05, 3.63) is 11.6 Å². The van der Waals surface area contributed by atoms with Crippen molar-refractivity contribution in [2.24, 2.45) is 17.8 Å². The standard InChI is InChI=1S/C10H18/c1-7(2)10-6-8(3)5-9(10)4/h6-7,9-10H,5H2,1-4H3/t9-,10?/m1/s1. The topological polar surface area (TPSA) is 0 Å². The van der Waals surface area contributed by atoms with E-state index in [1.165, 1.54) is 6.42 Å². The maximum Gasteiger partial charge on any atom is -0.0179 e. The molecule has 10 heavy (non-hydrogen) atoms. The Kier molecular flexibility index (Phi) is 2.18. The van der Waals surface area contributed by atoms with Crippen molar-refractivity contribution >= 4 is 0 Å². The molecule has 0 aromatic rings. The van der Waals surface area contributed by atoms with E-state index in [0.717, 1.165) is 17.8 Å². The van der Waals surface area contributed by atoms with E-state index in [1.807, 2.05) is 0 Å². The minimum atomic E-state index is 0.826. The summed E-state index contributed by atoms with van der Waals surface area (Å²) in [6.45, 7) is 9.24. The van der Waals surface area contributed by atoms with Gasteiger partial charge in [-0.25, -0.2) is 0 Å². The van der Waals surface area contributed by atoms with Crippen molar-refractivity contribution in [3.8, 4) is 0 Å². The SMILES string of the molecule is CC1=CC(C(C)C)[C@H](C)C1. The lowest BCUT2D eigenvalue weighted by atomic mass is 9.88. The second-order valence-corrected chi connectivity index (χ2v) is 4.02. The normalized spacial score (nSPS) is 33.1. The number of rotatable bonds is 1. The monoisotopic (exact) mass is 138 g/mol. The molecular formula is C10H18. The Morgan fingerprint density at radius 1 is 1.50 bits per heavy atom. The second-order valence-electron chi connectivity index (χ2n) is 4.02. The van der Waals surface area contributed by atoms with Crippen LogP contribution in [0.5, 0.6) is 0 Å². The fourth-order valence-electron chi connectivity index (χ4n) is 2.05. The molecule has 0 N–H and O–H groups in total. The Morgan fingerprint density at radius 3 is 2.30 bits per heavy atom. The summed E-state index contributed by atoms with van der Waals surface area (Å²) in [5.41, 5.74) is 1.59. The fraction of sp³-hybridized carbons (Fsp3) is 0.800. The summed E-state index contributed by atoms with van der Waals surface area (Å²) in [5.74, 6) is 2.56. The van der Waals surface area contributed by atoms with Crippen LogP contribution in [0.1, 0.15) is 34.1 Å². The largest absolute Gasteiger partial charge is 0.0819 e. The molecule has 0 aromatic heterocycles. The van der Waals surface area contributed by atoms with Crippen LogP contribution in [-0.4, -0.2) is 0 Å². The van der Waals surface area contributed by atoms with Crippen LogP contribution in [0.15, 0.2) is 11.6 Å². The van der Waals surface area contributed by atoms with E-state index >= 15 is 0 Å². The van der Waals surface area contributed by atoms with Gasteiger partial charge in [0.2, 0.25) is 0 Å². The Labute approximate surface area is 64.3 Å². The molecule has 0 bridgehead atoms. The molecular weight excluding hydrogens is 120 g/mol. The molecule has 0 nitrogen and oxygen atoms in total. The minimum Gasteiger partial charge on any atom is -0.0819 e. The molecule has 1 aliphatic rings. The lowest BCUT2D eigenvalue weighted by molar-refractivity contribution is 0.356. The molecule has 1 rings (SSSR count). The van der Waals surface area contributed by atoms with Gasteiger partial charge in [0, 0.05) is 0 Å². The maximum absolute atomic E-state index is 2.45. The van der Waals surface area contributed by atoms with Gasteiger partial charge in [-0.15, -0.1) is 0 Å². The van der Waals surface area contributed by atoms with Gasteiger partial charge in [-0.1, -0.05) is 32.4 Å². The molecule has 1 unspecified atom stereocenters. The Hall–Kier alpha value is -0.260. The van der Waals surface area contributed by atoms with Crippen LogP contribution >= 0.6 is 0 Å². The van der Waals surface area contributed by atoms with Gasteiger partial charge in [-0.2, -0.15) is 0 Å². The zero-order chi connectivity index (χ0) is 7.72. The molecule has 0 spiro atoms. The van der Waals surface area contributed by atoms with Crippen LogP contribution in [0.25, 0.3) is 0 Å². The lowest BCUT2D eigenvalue weighted by Gasteiger charge is -2.17. The summed E-state index contributed by atoms with van der Waals surface area (Å²) in [6, 6.07) is 0. The van der Waals surface area contributed by atoms with Crippen molar-refractivity contribution in [2.75, 3.05) is 0 Å². The summed E-state index contributed by atoms with van der Waals surface area (Å²) in [5, 5.41) is 0. The van der Waals surface area contributed by atoms with Gasteiger partial charge in [0.15, 0.2) is 0 Å². The summed E-state index contributed by atoms with van der Waals surface area (Å²) in [7, 11) is 0. The molecule has 1 aliphatic carbocycles. The summed E-state index contributed by atoms with van der Waals surface area (Å²) >= 11 is 0. The van der Waals surface area contributed by atoms with Crippen LogP contribution in [-0.2, 0) is 0 Å². The fourth-order valence-corrected chi connectivity index (χ4v) is 2.05. The molecule has 0 saturated heterocycles. The summed E-state index contributed by atoms with van der Waals surface area (Å²) < 4.78 is 0. The van der Waals surface area contributed by atoms with E-state index < -0.39 is 0 Å². The van der Waals surface area contributed by atoms with Crippen molar-refractivity contribution in [1.82, 2.24) is 0 Å². The molecule has 0 aromatic carbocycles. The number of allylic oxidation sites excluding steroid dienone is 2. The Morgan fingerprint density at radius 2 is 2.10 bits per heavy atom. The highest BCUT2D eigenvalue weighted by Crippen LogP contribution is 2.34. The van der Waals surface area contributed by atoms with Gasteiger partial charge < -0.3 is 0 Å². The zero-order valence-corrected chi connectivity index (χ0v) is 7.52. The van der Waals surface area contributed by atoms with E-state index in [2.05, 4.69) is 33.8 Å². The van der Waals surface area contributed by atoms with E-state index in [4.69, 9.17) is 0 Å². The predicted octanol–water partition coefficient (Wildman–Crippen LogP) is 3.24. The van der Waals surface area contributed by atoms with Crippen LogP contribution in [0, 0.1) is 17.8 Å². The van der Waals surface area contributed by atoms with Gasteiger partial charge in [0.05, 0.1) is 0 Å². The molecule has 58 valence electrons. The first-order chi connectivity index (χ1) is 4.61. The van der Waals surface area contributed by atoms with Gasteiger partial charge in [-0.3, -0.25) is 0 Å². The third-order valence-electron chi connectivity index (χ3n) is 2.55. The average Bonchev–Trinajstić information content (AvgIpc) is 2.10. The highest BCUT2D eigenvalue weighted by molar-refractivity contribution is 5.11. The van der Waals surface area contributed by atoms with Crippen LogP contribution in [0.4, 0.5) is 0 Å².